The molecule has 0 aromatic rings. The van der Waals surface area contributed by atoms with Crippen LogP contribution >= 0.6 is 15.9 Å². The van der Waals surface area contributed by atoms with Gasteiger partial charge >= 0.3 is 0 Å². The van der Waals surface area contributed by atoms with Crippen molar-refractivity contribution in [1.82, 2.24) is 0 Å². The van der Waals surface area contributed by atoms with Crippen molar-refractivity contribution in [1.29, 1.82) is 0 Å². The number of hydrogen-bond donors (Lipinski definition) is 0. The van der Waals surface area contributed by atoms with Crippen molar-refractivity contribution in [3.8, 4) is 0 Å². The maximum absolute atomic E-state index is 13.4. The molecule has 0 saturated carbocycles. The van der Waals surface area contributed by atoms with Gasteiger partial charge < -0.3 is 0 Å². The lowest BCUT2D eigenvalue weighted by molar-refractivity contribution is 0.199. The largest absolute Gasteiger partial charge is 0.239 e. The molecule has 0 saturated heterocycles. The van der Waals surface area contributed by atoms with E-state index in [1.165, 1.54) is 0 Å². The van der Waals surface area contributed by atoms with Gasteiger partial charge in [-0.25, -0.2) is 4.39 Å². The summed E-state index contributed by atoms with van der Waals surface area (Å²) < 4.78 is 14.2. The Morgan fingerprint density at radius 3 is 2.70 bits per heavy atom. The van der Waals surface area contributed by atoms with Crippen LogP contribution in [0.3, 0.4) is 0 Å². The van der Waals surface area contributed by atoms with Crippen molar-refractivity contribution < 1.29 is 4.39 Å². The van der Waals surface area contributed by atoms with Gasteiger partial charge in [0.25, 0.3) is 0 Å². The Hall–Kier alpha value is -0.110. The van der Waals surface area contributed by atoms with Gasteiger partial charge in [0.05, 0.1) is 0 Å². The highest BCUT2D eigenvalue weighted by Crippen LogP contribution is 2.31. The van der Waals surface area contributed by atoms with E-state index >= 15 is 0 Å². The fraction of sp³-hybridized carbons (Fsp3) is 0.500. The van der Waals surface area contributed by atoms with Crippen molar-refractivity contribution >= 4 is 15.9 Å². The molecule has 0 bridgehead atoms. The molecule has 0 aromatic heterocycles. The van der Waals surface area contributed by atoms with Gasteiger partial charge in [-0.1, -0.05) is 35.0 Å². The summed E-state index contributed by atoms with van der Waals surface area (Å²) in [6, 6.07) is 0. The van der Waals surface area contributed by atoms with Crippen molar-refractivity contribution in [3.05, 3.63) is 22.7 Å². The lowest BCUT2D eigenvalue weighted by Crippen LogP contribution is -2.25. The molecule has 0 aliphatic heterocycles. The smallest absolute Gasteiger partial charge is 0.133 e. The van der Waals surface area contributed by atoms with Gasteiger partial charge in [0.2, 0.25) is 0 Å². The predicted octanol–water partition coefficient (Wildman–Crippen LogP) is 3.20. The second kappa shape index (κ2) is 2.50. The molecular formula is C8H10BrF. The number of rotatable bonds is 0. The average Bonchev–Trinajstić information content (AvgIpc) is 1.78. The maximum Gasteiger partial charge on any atom is 0.133 e. The van der Waals surface area contributed by atoms with E-state index in [2.05, 4.69) is 15.9 Å². The summed E-state index contributed by atoms with van der Waals surface area (Å²) in [5, 5.41) is 0. The quantitative estimate of drug-likeness (QED) is 0.569. The van der Waals surface area contributed by atoms with E-state index in [0.717, 1.165) is 4.48 Å². The monoisotopic (exact) mass is 204 g/mol. The number of allylic oxidation sites excluding steroid dienone is 4. The third-order valence-electron chi connectivity index (χ3n) is 1.85. The topological polar surface area (TPSA) is 0 Å². The van der Waals surface area contributed by atoms with E-state index in [9.17, 15) is 4.39 Å². The van der Waals surface area contributed by atoms with Crippen LogP contribution in [0.25, 0.3) is 0 Å². The number of hydrogen-bond acceptors (Lipinski definition) is 0. The van der Waals surface area contributed by atoms with Gasteiger partial charge in [-0.2, -0.15) is 0 Å². The first-order valence-electron chi connectivity index (χ1n) is 3.28. The van der Waals surface area contributed by atoms with Crippen molar-refractivity contribution in [2.45, 2.75) is 19.5 Å². The molecule has 1 aliphatic rings. The van der Waals surface area contributed by atoms with Crippen molar-refractivity contribution in [2.24, 2.45) is 5.92 Å². The fourth-order valence-electron chi connectivity index (χ4n) is 0.874. The molecule has 56 valence electrons. The Morgan fingerprint density at radius 2 is 2.30 bits per heavy atom. The molecule has 0 aromatic carbocycles. The molecule has 2 heteroatoms. The van der Waals surface area contributed by atoms with Crippen LogP contribution in [-0.2, 0) is 0 Å². The third-order valence-corrected chi connectivity index (χ3v) is 2.35. The highest BCUT2D eigenvalue weighted by atomic mass is 79.9. The Bertz CT molecular complexity index is 191. The summed E-state index contributed by atoms with van der Waals surface area (Å²) in [5.74, 6) is -0.0196. The Balaban J connectivity index is 2.88. The Labute approximate surface area is 68.9 Å². The minimum atomic E-state index is -1.19. The van der Waals surface area contributed by atoms with Crippen LogP contribution in [0.15, 0.2) is 22.7 Å². The molecule has 0 heterocycles. The van der Waals surface area contributed by atoms with E-state index in [1.54, 1.807) is 13.0 Å². The van der Waals surface area contributed by atoms with Gasteiger partial charge in [-0.05, 0) is 13.0 Å². The zero-order valence-electron chi connectivity index (χ0n) is 6.07. The van der Waals surface area contributed by atoms with E-state index in [-0.39, 0.29) is 5.92 Å². The molecule has 0 N–H and O–H groups in total. The second-order valence-electron chi connectivity index (χ2n) is 2.83. The highest BCUT2D eigenvalue weighted by molar-refractivity contribution is 9.11. The van der Waals surface area contributed by atoms with E-state index < -0.39 is 5.67 Å². The molecule has 0 fully saturated rings. The second-order valence-corrected chi connectivity index (χ2v) is 3.74. The molecule has 2 unspecified atom stereocenters. The van der Waals surface area contributed by atoms with E-state index in [4.69, 9.17) is 0 Å². The summed E-state index contributed by atoms with van der Waals surface area (Å²) in [7, 11) is 0. The van der Waals surface area contributed by atoms with Gasteiger partial charge in [-0.15, -0.1) is 0 Å². The summed E-state index contributed by atoms with van der Waals surface area (Å²) >= 11 is 3.23. The minimum Gasteiger partial charge on any atom is -0.239 e. The highest BCUT2D eigenvalue weighted by Gasteiger charge is 2.28. The van der Waals surface area contributed by atoms with Crippen LogP contribution in [0, 0.1) is 5.92 Å². The zero-order valence-corrected chi connectivity index (χ0v) is 7.65. The first-order chi connectivity index (χ1) is 4.52. The van der Waals surface area contributed by atoms with Crippen molar-refractivity contribution in [2.75, 3.05) is 0 Å². The van der Waals surface area contributed by atoms with Gasteiger partial charge in [0.1, 0.15) is 5.67 Å². The lowest BCUT2D eigenvalue weighted by Gasteiger charge is -2.24. The first kappa shape index (κ1) is 7.99. The van der Waals surface area contributed by atoms with Crippen molar-refractivity contribution in [3.63, 3.8) is 0 Å². The predicted molar refractivity (Wildman–Crippen MR) is 44.8 cm³/mol. The van der Waals surface area contributed by atoms with Crippen LogP contribution in [0.1, 0.15) is 13.8 Å². The van der Waals surface area contributed by atoms with Crippen LogP contribution < -0.4 is 0 Å². The average molecular weight is 205 g/mol. The first-order valence-corrected chi connectivity index (χ1v) is 4.07. The molecule has 0 nitrogen and oxygen atoms in total. The van der Waals surface area contributed by atoms with Crippen LogP contribution in [-0.4, -0.2) is 5.67 Å². The van der Waals surface area contributed by atoms with Gasteiger partial charge in [0, 0.05) is 10.4 Å². The number of alkyl halides is 1. The molecule has 0 spiro atoms. The normalized spacial score (nSPS) is 39.6. The molecule has 1 aliphatic carbocycles. The van der Waals surface area contributed by atoms with Gasteiger partial charge in [0.15, 0.2) is 0 Å². The Morgan fingerprint density at radius 1 is 1.70 bits per heavy atom. The van der Waals surface area contributed by atoms with Crippen LogP contribution in [0.5, 0.6) is 0 Å². The molecule has 1 rings (SSSR count). The SMILES string of the molecule is CC1C=CC(Br)=CC1(C)F. The lowest BCUT2D eigenvalue weighted by atomic mass is 9.89. The summed E-state index contributed by atoms with van der Waals surface area (Å²) in [5.41, 5.74) is -1.19. The summed E-state index contributed by atoms with van der Waals surface area (Å²) in [4.78, 5) is 0. The maximum atomic E-state index is 13.4. The Kier molecular flexibility index (Phi) is 1.99. The summed E-state index contributed by atoms with van der Waals surface area (Å²) in [6.45, 7) is 3.45. The van der Waals surface area contributed by atoms with E-state index in [1.807, 2.05) is 19.1 Å². The van der Waals surface area contributed by atoms with E-state index in [0.29, 0.717) is 0 Å². The zero-order chi connectivity index (χ0) is 7.78. The van der Waals surface area contributed by atoms with Crippen LogP contribution in [0.2, 0.25) is 0 Å². The standard InChI is InChI=1S/C8H10BrF/c1-6-3-4-7(9)5-8(6,2)10/h3-6H,1-2H3. The summed E-state index contributed by atoms with van der Waals surface area (Å²) in [6.07, 6.45) is 5.34. The van der Waals surface area contributed by atoms with Crippen LogP contribution in [0.4, 0.5) is 4.39 Å². The molecule has 10 heavy (non-hydrogen) atoms. The number of halogens is 2. The minimum absolute atomic E-state index is 0.0196. The molecule has 0 radical (unpaired) electrons. The molecule has 2 atom stereocenters. The van der Waals surface area contributed by atoms with Gasteiger partial charge in [-0.3, -0.25) is 0 Å². The molecule has 0 amide bonds. The molecular weight excluding hydrogens is 195 g/mol. The third kappa shape index (κ3) is 1.48. The fourth-order valence-corrected chi connectivity index (χ4v) is 1.47.